The molecule has 2 rings (SSSR count). The summed E-state index contributed by atoms with van der Waals surface area (Å²) in [5.74, 6) is 0.231. The van der Waals surface area contributed by atoms with E-state index < -0.39 is 16.1 Å². The number of rotatable bonds is 9. The molecular weight excluding hydrogens is 348 g/mol. The largest absolute Gasteiger partial charge is 0.341 e. The number of aryl methyl sites for hydroxylation is 1. The van der Waals surface area contributed by atoms with Crippen LogP contribution >= 0.6 is 0 Å². The van der Waals surface area contributed by atoms with Crippen LogP contribution in [0.25, 0.3) is 0 Å². The van der Waals surface area contributed by atoms with Crippen molar-refractivity contribution in [2.24, 2.45) is 5.92 Å². The van der Waals surface area contributed by atoms with Gasteiger partial charge in [-0.25, -0.2) is 13.1 Å². The summed E-state index contributed by atoms with van der Waals surface area (Å²) in [6.45, 7) is 5.51. The molecule has 0 unspecified atom stereocenters. The lowest BCUT2D eigenvalue weighted by Gasteiger charge is -2.31. The summed E-state index contributed by atoms with van der Waals surface area (Å²) in [6, 6.07) is 9.22. The van der Waals surface area contributed by atoms with Crippen LogP contribution in [0.4, 0.5) is 0 Å². The maximum Gasteiger partial charge on any atom is 0.240 e. The number of nitrogens with zero attached hydrogens (tertiary/aromatic N) is 1. The van der Waals surface area contributed by atoms with Crippen LogP contribution in [-0.2, 0) is 21.2 Å². The predicted molar refractivity (Wildman–Crippen MR) is 105 cm³/mol. The number of hydrogen-bond donors (Lipinski definition) is 1. The van der Waals surface area contributed by atoms with Gasteiger partial charge in [0.1, 0.15) is 6.04 Å². The summed E-state index contributed by atoms with van der Waals surface area (Å²) in [4.78, 5) is 14.6. The molecule has 26 heavy (non-hydrogen) atoms. The highest BCUT2D eigenvalue weighted by Crippen LogP contribution is 2.15. The predicted octanol–water partition coefficient (Wildman–Crippen LogP) is 2.97. The number of amides is 1. The molecule has 6 heteroatoms. The van der Waals surface area contributed by atoms with Crippen molar-refractivity contribution >= 4 is 15.9 Å². The van der Waals surface area contributed by atoms with Crippen LogP contribution in [-0.4, -0.2) is 44.1 Å². The molecule has 1 aliphatic rings. The molecule has 0 aliphatic carbocycles. The van der Waals surface area contributed by atoms with E-state index in [1.807, 2.05) is 49.1 Å². The van der Waals surface area contributed by atoms with E-state index in [-0.39, 0.29) is 17.6 Å². The molecule has 0 aromatic heterocycles. The Morgan fingerprint density at radius 2 is 1.77 bits per heavy atom. The Hall–Kier alpha value is -1.40. The normalized spacial score (nSPS) is 16.7. The van der Waals surface area contributed by atoms with E-state index in [2.05, 4.69) is 4.72 Å². The Bertz CT molecular complexity index is 653. The van der Waals surface area contributed by atoms with E-state index >= 15 is 0 Å². The minimum absolute atomic E-state index is 0.0454. The van der Waals surface area contributed by atoms with Gasteiger partial charge in [0, 0.05) is 13.1 Å². The van der Waals surface area contributed by atoms with Crippen LogP contribution < -0.4 is 4.72 Å². The van der Waals surface area contributed by atoms with Gasteiger partial charge in [0.05, 0.1) is 5.75 Å². The zero-order valence-electron chi connectivity index (χ0n) is 16.0. The van der Waals surface area contributed by atoms with Gasteiger partial charge >= 0.3 is 0 Å². The minimum atomic E-state index is -3.48. The van der Waals surface area contributed by atoms with Crippen molar-refractivity contribution in [3.63, 3.8) is 0 Å². The van der Waals surface area contributed by atoms with E-state index in [1.165, 1.54) is 0 Å². The summed E-state index contributed by atoms with van der Waals surface area (Å²) in [7, 11) is -3.48. The fourth-order valence-electron chi connectivity index (χ4n) is 3.39. The van der Waals surface area contributed by atoms with E-state index in [1.54, 1.807) is 0 Å². The maximum atomic E-state index is 12.8. The number of nitrogens with one attached hydrogen (secondary N) is 1. The lowest BCUT2D eigenvalue weighted by molar-refractivity contribution is -0.134. The van der Waals surface area contributed by atoms with Gasteiger partial charge in [0.2, 0.25) is 15.9 Å². The molecular formula is C20H32N2O3S. The topological polar surface area (TPSA) is 66.5 Å². The molecule has 146 valence electrons. The summed E-state index contributed by atoms with van der Waals surface area (Å²) < 4.78 is 27.7. The number of likely N-dealkylation sites (tertiary alicyclic amines) is 1. The van der Waals surface area contributed by atoms with Crippen molar-refractivity contribution in [2.75, 3.05) is 18.8 Å². The van der Waals surface area contributed by atoms with Gasteiger partial charge in [-0.1, -0.05) is 44.2 Å². The van der Waals surface area contributed by atoms with Gasteiger partial charge < -0.3 is 4.90 Å². The Balaban J connectivity index is 1.93. The molecule has 0 spiro atoms. The molecule has 1 atom stereocenters. The Kier molecular flexibility index (Phi) is 8.10. The summed E-state index contributed by atoms with van der Waals surface area (Å²) in [5, 5.41) is 0. The van der Waals surface area contributed by atoms with Crippen LogP contribution in [0.2, 0.25) is 0 Å². The molecule has 1 heterocycles. The number of carbonyl (C=O) groups is 1. The van der Waals surface area contributed by atoms with E-state index in [0.29, 0.717) is 12.8 Å². The third kappa shape index (κ3) is 7.08. The van der Waals surface area contributed by atoms with Gasteiger partial charge in [-0.05, 0) is 50.0 Å². The molecule has 1 aromatic rings. The third-order valence-corrected chi connectivity index (χ3v) is 6.19. The highest BCUT2D eigenvalue weighted by Gasteiger charge is 2.29. The van der Waals surface area contributed by atoms with Crippen LogP contribution in [0, 0.1) is 5.92 Å². The molecule has 1 fully saturated rings. The smallest absolute Gasteiger partial charge is 0.240 e. The molecule has 0 saturated carbocycles. The Labute approximate surface area is 158 Å². The first-order chi connectivity index (χ1) is 12.4. The molecule has 1 amide bonds. The zero-order chi connectivity index (χ0) is 19.0. The fraction of sp³-hybridized carbons (Fsp3) is 0.650. The second-order valence-electron chi connectivity index (χ2n) is 7.59. The molecule has 0 radical (unpaired) electrons. The number of hydrogen-bond acceptors (Lipinski definition) is 3. The highest BCUT2D eigenvalue weighted by molar-refractivity contribution is 7.89. The second-order valence-corrected chi connectivity index (χ2v) is 9.47. The van der Waals surface area contributed by atoms with Crippen LogP contribution in [0.1, 0.15) is 51.5 Å². The SMILES string of the molecule is CC(C)C[C@@H](NS(=O)(=O)CCCc1ccccc1)C(=O)N1CCCCC1. The molecule has 1 aromatic carbocycles. The van der Waals surface area contributed by atoms with Crippen molar-refractivity contribution in [1.29, 1.82) is 0 Å². The van der Waals surface area contributed by atoms with Gasteiger partial charge in [-0.2, -0.15) is 0 Å². The summed E-state index contributed by atoms with van der Waals surface area (Å²) in [6.07, 6.45) is 4.95. The van der Waals surface area contributed by atoms with Crippen molar-refractivity contribution in [3.05, 3.63) is 35.9 Å². The van der Waals surface area contributed by atoms with Crippen LogP contribution in [0.15, 0.2) is 30.3 Å². The Morgan fingerprint density at radius 3 is 2.38 bits per heavy atom. The van der Waals surface area contributed by atoms with Gasteiger partial charge in [0.25, 0.3) is 0 Å². The summed E-state index contributed by atoms with van der Waals surface area (Å²) >= 11 is 0. The zero-order valence-corrected chi connectivity index (χ0v) is 16.8. The van der Waals surface area contributed by atoms with E-state index in [9.17, 15) is 13.2 Å². The monoisotopic (exact) mass is 380 g/mol. The van der Waals surface area contributed by atoms with Crippen LogP contribution in [0.3, 0.4) is 0 Å². The molecule has 1 aliphatic heterocycles. The first kappa shape index (κ1) is 20.9. The number of benzene rings is 1. The van der Waals surface area contributed by atoms with E-state index in [0.717, 1.165) is 44.3 Å². The highest BCUT2D eigenvalue weighted by atomic mass is 32.2. The van der Waals surface area contributed by atoms with Gasteiger partial charge in [-0.15, -0.1) is 0 Å². The molecule has 1 saturated heterocycles. The first-order valence-corrected chi connectivity index (χ1v) is 11.4. The summed E-state index contributed by atoms with van der Waals surface area (Å²) in [5.41, 5.74) is 1.13. The number of carbonyl (C=O) groups excluding carboxylic acids is 1. The number of sulfonamides is 1. The van der Waals surface area contributed by atoms with E-state index in [4.69, 9.17) is 0 Å². The van der Waals surface area contributed by atoms with Crippen molar-refractivity contribution < 1.29 is 13.2 Å². The first-order valence-electron chi connectivity index (χ1n) is 9.70. The average molecular weight is 381 g/mol. The van der Waals surface area contributed by atoms with Crippen LogP contribution in [0.5, 0.6) is 0 Å². The average Bonchev–Trinajstić information content (AvgIpc) is 2.61. The lowest BCUT2D eigenvalue weighted by Crippen LogP contribution is -2.50. The fourth-order valence-corrected chi connectivity index (χ4v) is 4.66. The minimum Gasteiger partial charge on any atom is -0.341 e. The van der Waals surface area contributed by atoms with Crippen molar-refractivity contribution in [2.45, 2.75) is 58.4 Å². The van der Waals surface area contributed by atoms with Crippen molar-refractivity contribution in [1.82, 2.24) is 9.62 Å². The lowest BCUT2D eigenvalue weighted by atomic mass is 10.0. The Morgan fingerprint density at radius 1 is 1.12 bits per heavy atom. The number of piperidine rings is 1. The third-order valence-electron chi connectivity index (χ3n) is 4.72. The quantitative estimate of drug-likeness (QED) is 0.716. The van der Waals surface area contributed by atoms with Gasteiger partial charge in [0.15, 0.2) is 0 Å². The maximum absolute atomic E-state index is 12.8. The molecule has 5 nitrogen and oxygen atoms in total. The standard InChI is InChI=1S/C20H32N2O3S/c1-17(2)16-19(20(23)22-13-7-4-8-14-22)21-26(24,25)15-9-12-18-10-5-3-6-11-18/h3,5-6,10-11,17,19,21H,4,7-9,12-16H2,1-2H3/t19-/m1/s1. The van der Waals surface area contributed by atoms with Crippen molar-refractivity contribution in [3.8, 4) is 0 Å². The molecule has 0 bridgehead atoms. The van der Waals surface area contributed by atoms with Gasteiger partial charge in [-0.3, -0.25) is 4.79 Å². The second kappa shape index (κ2) is 10.1. The molecule has 1 N–H and O–H groups in total.